The van der Waals surface area contributed by atoms with E-state index in [-0.39, 0.29) is 35.5 Å². The molecule has 2 aliphatic heterocycles. The summed E-state index contributed by atoms with van der Waals surface area (Å²) in [7, 11) is 2.48. The third-order valence-corrected chi connectivity index (χ3v) is 9.61. The van der Waals surface area contributed by atoms with Gasteiger partial charge in [0.2, 0.25) is 23.6 Å². The highest BCUT2D eigenvalue weighted by Gasteiger charge is 2.40. The third kappa shape index (κ3) is 10.2. The minimum atomic E-state index is -0.794. The number of alkyl carbamates (subject to hydrolysis) is 2. The second kappa shape index (κ2) is 18.4. The quantitative estimate of drug-likeness (QED) is 0.239. The van der Waals surface area contributed by atoms with Crippen molar-refractivity contribution in [2.45, 2.75) is 90.4 Å². The van der Waals surface area contributed by atoms with Gasteiger partial charge in [-0.15, -0.1) is 0 Å². The lowest BCUT2D eigenvalue weighted by atomic mass is 10.0. The van der Waals surface area contributed by atoms with E-state index >= 15 is 0 Å². The van der Waals surface area contributed by atoms with Crippen LogP contribution in [0.5, 0.6) is 0 Å². The summed E-state index contributed by atoms with van der Waals surface area (Å²) in [6.45, 7) is 8.19. The van der Waals surface area contributed by atoms with Crippen LogP contribution in [-0.4, -0.2) is 97.1 Å². The lowest BCUT2D eigenvalue weighted by Gasteiger charge is -2.30. The summed E-state index contributed by atoms with van der Waals surface area (Å²) in [5.41, 5.74) is 3.41. The van der Waals surface area contributed by atoms with Gasteiger partial charge in [-0.2, -0.15) is 0 Å². The van der Waals surface area contributed by atoms with Crippen molar-refractivity contribution in [1.82, 2.24) is 20.4 Å². The predicted molar refractivity (Wildman–Crippen MR) is 195 cm³/mol. The Morgan fingerprint density at radius 3 is 1.27 bits per heavy atom. The lowest BCUT2D eigenvalue weighted by molar-refractivity contribution is -0.139. The molecule has 2 aromatic rings. The largest absolute Gasteiger partial charge is 0.453 e. The van der Waals surface area contributed by atoms with Crippen LogP contribution in [0.4, 0.5) is 21.0 Å². The van der Waals surface area contributed by atoms with Crippen molar-refractivity contribution >= 4 is 47.2 Å². The molecular weight excluding hydrogens is 668 g/mol. The molecule has 0 saturated carbocycles. The number of nitrogens with zero attached hydrogens (tertiary/aromatic N) is 2. The average molecular weight is 721 g/mol. The molecule has 52 heavy (non-hydrogen) atoms. The molecule has 4 atom stereocenters. The molecule has 4 N–H and O–H groups in total. The smallest absolute Gasteiger partial charge is 0.407 e. The van der Waals surface area contributed by atoms with E-state index < -0.39 is 36.4 Å². The van der Waals surface area contributed by atoms with Gasteiger partial charge in [0.25, 0.3) is 0 Å². The Labute approximate surface area is 305 Å². The number of carbonyl (C=O) groups is 6. The van der Waals surface area contributed by atoms with Crippen LogP contribution in [0.1, 0.15) is 64.5 Å². The zero-order chi connectivity index (χ0) is 37.9. The zero-order valence-corrected chi connectivity index (χ0v) is 30.9. The molecule has 14 nitrogen and oxygen atoms in total. The van der Waals surface area contributed by atoms with E-state index in [1.807, 2.05) is 76.2 Å². The van der Waals surface area contributed by atoms with Gasteiger partial charge in [0, 0.05) is 24.5 Å². The fourth-order valence-electron chi connectivity index (χ4n) is 6.61. The van der Waals surface area contributed by atoms with Gasteiger partial charge in [-0.05, 0) is 85.8 Å². The van der Waals surface area contributed by atoms with Crippen molar-refractivity contribution in [1.29, 1.82) is 0 Å². The minimum absolute atomic E-state index is 0.184. The molecule has 2 fully saturated rings. The Hall–Kier alpha value is -5.14. The SMILES string of the molecule is COC(=O)NC(C(=O)N1CCC[C@H]1C(=O)Nc1ccc(CCc2ccc(NC(=O)[C@@H]3CCCN3C(=O)C(NC(=O)OC)C(C)C)cc2)cc1)C(C)C. The number of benzene rings is 2. The van der Waals surface area contributed by atoms with Gasteiger partial charge >= 0.3 is 12.2 Å². The molecular formula is C38H52N6O8. The van der Waals surface area contributed by atoms with E-state index in [1.54, 1.807) is 9.80 Å². The van der Waals surface area contributed by atoms with Crippen LogP contribution in [0.25, 0.3) is 0 Å². The first-order valence-corrected chi connectivity index (χ1v) is 17.9. The molecule has 0 aliphatic carbocycles. The number of likely N-dealkylation sites (tertiary alicyclic amines) is 2. The molecule has 2 aliphatic rings. The summed E-state index contributed by atoms with van der Waals surface area (Å²) in [4.78, 5) is 79.8. The number of methoxy groups -OCH3 is 2. The van der Waals surface area contributed by atoms with E-state index in [1.165, 1.54) is 14.2 Å². The normalized spacial score (nSPS) is 18.1. The summed E-state index contributed by atoms with van der Waals surface area (Å²) in [6, 6.07) is 12.3. The Kier molecular flexibility index (Phi) is 14.0. The number of rotatable bonds is 13. The van der Waals surface area contributed by atoms with Crippen LogP contribution < -0.4 is 21.3 Å². The maximum Gasteiger partial charge on any atom is 0.407 e. The topological polar surface area (TPSA) is 175 Å². The molecule has 14 heteroatoms. The second-order valence-electron chi connectivity index (χ2n) is 14.0. The maximum atomic E-state index is 13.3. The number of hydrogen-bond donors (Lipinski definition) is 4. The monoisotopic (exact) mass is 720 g/mol. The number of amides is 6. The van der Waals surface area contributed by atoms with E-state index in [2.05, 4.69) is 30.7 Å². The molecule has 2 unspecified atom stereocenters. The van der Waals surface area contributed by atoms with Crippen LogP contribution in [0.3, 0.4) is 0 Å². The van der Waals surface area contributed by atoms with Gasteiger partial charge in [0.05, 0.1) is 14.2 Å². The Balaban J connectivity index is 1.27. The average Bonchev–Trinajstić information content (AvgIpc) is 3.83. The number of hydrogen-bond acceptors (Lipinski definition) is 8. The van der Waals surface area contributed by atoms with Crippen molar-refractivity contribution in [2.24, 2.45) is 11.8 Å². The van der Waals surface area contributed by atoms with E-state index in [4.69, 9.17) is 0 Å². The molecule has 2 heterocycles. The number of carbonyl (C=O) groups excluding carboxylic acids is 6. The zero-order valence-electron chi connectivity index (χ0n) is 30.9. The highest BCUT2D eigenvalue weighted by molar-refractivity contribution is 5.99. The Morgan fingerprint density at radius 1 is 0.615 bits per heavy atom. The molecule has 0 aromatic heterocycles. The summed E-state index contributed by atoms with van der Waals surface area (Å²) in [6.07, 6.45) is 2.58. The maximum absolute atomic E-state index is 13.3. The van der Waals surface area contributed by atoms with Gasteiger partial charge < -0.3 is 40.5 Å². The number of aryl methyl sites for hydroxylation is 2. The van der Waals surface area contributed by atoms with Crippen molar-refractivity contribution < 1.29 is 38.2 Å². The van der Waals surface area contributed by atoms with Gasteiger partial charge in [0.1, 0.15) is 24.2 Å². The predicted octanol–water partition coefficient (Wildman–Crippen LogP) is 4.09. The molecule has 2 aromatic carbocycles. The highest BCUT2D eigenvalue weighted by Crippen LogP contribution is 2.24. The number of anilines is 2. The van der Waals surface area contributed by atoms with Crippen molar-refractivity contribution in [3.63, 3.8) is 0 Å². The third-order valence-electron chi connectivity index (χ3n) is 9.61. The molecule has 0 bridgehead atoms. The van der Waals surface area contributed by atoms with Gasteiger partial charge in [-0.25, -0.2) is 9.59 Å². The van der Waals surface area contributed by atoms with Crippen LogP contribution in [-0.2, 0) is 41.5 Å². The van der Waals surface area contributed by atoms with Crippen LogP contribution in [0, 0.1) is 11.8 Å². The van der Waals surface area contributed by atoms with E-state index in [0.717, 1.165) is 24.0 Å². The van der Waals surface area contributed by atoms with Crippen molar-refractivity contribution in [2.75, 3.05) is 37.9 Å². The Bertz CT molecular complexity index is 1460. The van der Waals surface area contributed by atoms with Crippen LogP contribution in [0.15, 0.2) is 48.5 Å². The minimum Gasteiger partial charge on any atom is -0.453 e. The first-order valence-electron chi connectivity index (χ1n) is 17.9. The molecule has 6 amide bonds. The first-order chi connectivity index (χ1) is 24.8. The standard InChI is InChI=1S/C38H52N6O8/c1-23(2)31(41-37(49)51-5)35(47)43-21-7-9-29(43)33(45)39-27-17-13-25(14-18-27)11-12-26-15-19-28(20-16-26)40-34(46)30-10-8-22-44(30)36(48)32(24(3)4)42-38(50)52-6/h13-20,23-24,29-32H,7-12,21-22H2,1-6H3,(H,39,45)(H,40,46)(H,41,49)(H,42,50)/t29-,30-,31?,32?/m0/s1. The molecule has 0 spiro atoms. The molecule has 2 saturated heterocycles. The summed E-state index contributed by atoms with van der Waals surface area (Å²) >= 11 is 0. The molecule has 0 radical (unpaired) electrons. The Morgan fingerprint density at radius 2 is 0.962 bits per heavy atom. The lowest BCUT2D eigenvalue weighted by Crippen LogP contribution is -2.54. The summed E-state index contributed by atoms with van der Waals surface area (Å²) in [5, 5.41) is 11.1. The fraction of sp³-hybridized carbons (Fsp3) is 0.526. The summed E-state index contributed by atoms with van der Waals surface area (Å²) in [5.74, 6) is -1.51. The van der Waals surface area contributed by atoms with Crippen LogP contribution in [0.2, 0.25) is 0 Å². The second-order valence-corrected chi connectivity index (χ2v) is 14.0. The van der Waals surface area contributed by atoms with Crippen molar-refractivity contribution in [3.8, 4) is 0 Å². The van der Waals surface area contributed by atoms with Gasteiger partial charge in [-0.3, -0.25) is 19.2 Å². The van der Waals surface area contributed by atoms with E-state index in [0.29, 0.717) is 50.1 Å². The first kappa shape index (κ1) is 39.6. The molecule has 282 valence electrons. The van der Waals surface area contributed by atoms with Crippen LogP contribution >= 0.6 is 0 Å². The summed E-state index contributed by atoms with van der Waals surface area (Å²) < 4.78 is 9.35. The van der Waals surface area contributed by atoms with E-state index in [9.17, 15) is 28.8 Å². The highest BCUT2D eigenvalue weighted by atomic mass is 16.5. The van der Waals surface area contributed by atoms with Gasteiger partial charge in [0.15, 0.2) is 0 Å². The number of nitrogens with one attached hydrogen (secondary N) is 4. The fourth-order valence-corrected chi connectivity index (χ4v) is 6.61. The molecule has 4 rings (SSSR count). The number of ether oxygens (including phenoxy) is 2. The van der Waals surface area contributed by atoms with Crippen molar-refractivity contribution in [3.05, 3.63) is 59.7 Å². The van der Waals surface area contributed by atoms with Gasteiger partial charge in [-0.1, -0.05) is 52.0 Å².